The predicted molar refractivity (Wildman–Crippen MR) is 90.0 cm³/mol. The van der Waals surface area contributed by atoms with Crippen LogP contribution in [0.5, 0.6) is 11.5 Å². The van der Waals surface area contributed by atoms with E-state index in [9.17, 15) is 4.39 Å². The molecule has 0 aliphatic heterocycles. The summed E-state index contributed by atoms with van der Waals surface area (Å²) >= 11 is 0. The van der Waals surface area contributed by atoms with Gasteiger partial charge in [-0.3, -0.25) is 4.98 Å². The van der Waals surface area contributed by atoms with Crippen LogP contribution < -0.4 is 9.47 Å². The molecule has 0 saturated heterocycles. The zero-order valence-electron chi connectivity index (χ0n) is 13.2. The highest BCUT2D eigenvalue weighted by molar-refractivity contribution is 5.84. The van der Waals surface area contributed by atoms with E-state index < -0.39 is 0 Å². The Kier molecular flexibility index (Phi) is 5.58. The van der Waals surface area contributed by atoms with Crippen LogP contribution in [0.15, 0.2) is 60.8 Å². The molecule has 1 aromatic heterocycles. The van der Waals surface area contributed by atoms with Gasteiger partial charge in [0.15, 0.2) is 11.6 Å². The highest BCUT2D eigenvalue weighted by Crippen LogP contribution is 2.22. The normalized spacial score (nSPS) is 10.7. The Hall–Kier alpha value is -2.66. The number of hydrogen-bond donors (Lipinski definition) is 0. The Balaban J connectivity index is 1.37. The van der Waals surface area contributed by atoms with Gasteiger partial charge in [-0.05, 0) is 24.3 Å². The lowest BCUT2D eigenvalue weighted by Crippen LogP contribution is -2.12. The van der Waals surface area contributed by atoms with Gasteiger partial charge in [0.05, 0.1) is 13.2 Å². The van der Waals surface area contributed by atoms with E-state index in [2.05, 4.69) is 4.98 Å². The molecule has 4 nitrogen and oxygen atoms in total. The summed E-state index contributed by atoms with van der Waals surface area (Å²) in [7, 11) is 0. The van der Waals surface area contributed by atoms with Crippen molar-refractivity contribution in [2.24, 2.45) is 0 Å². The molecule has 0 bridgehead atoms. The van der Waals surface area contributed by atoms with Crippen LogP contribution in [0.2, 0.25) is 0 Å². The molecule has 0 atom stereocenters. The van der Waals surface area contributed by atoms with Crippen LogP contribution in [-0.4, -0.2) is 31.4 Å². The Morgan fingerprint density at radius 1 is 0.750 bits per heavy atom. The number of pyridine rings is 1. The molecule has 1 heterocycles. The zero-order valence-corrected chi connectivity index (χ0v) is 13.2. The van der Waals surface area contributed by atoms with Gasteiger partial charge < -0.3 is 14.2 Å². The highest BCUT2D eigenvalue weighted by Gasteiger charge is 2.03. The monoisotopic (exact) mass is 327 g/mol. The fourth-order valence-corrected chi connectivity index (χ4v) is 2.28. The number of benzene rings is 2. The van der Waals surface area contributed by atoms with Crippen LogP contribution in [0.1, 0.15) is 0 Å². The molecule has 0 N–H and O–H groups in total. The summed E-state index contributed by atoms with van der Waals surface area (Å²) in [5, 5.41) is 1.04. The first kappa shape index (κ1) is 16.2. The summed E-state index contributed by atoms with van der Waals surface area (Å²) in [5.74, 6) is 0.600. The van der Waals surface area contributed by atoms with Gasteiger partial charge >= 0.3 is 0 Å². The molecule has 5 heteroatoms. The Labute approximate surface area is 139 Å². The van der Waals surface area contributed by atoms with E-state index in [0.29, 0.717) is 19.8 Å². The number of para-hydroxylation sites is 2. The van der Waals surface area contributed by atoms with Crippen molar-refractivity contribution >= 4 is 10.9 Å². The van der Waals surface area contributed by atoms with Crippen molar-refractivity contribution in [3.8, 4) is 11.5 Å². The molecule has 2 aromatic carbocycles. The summed E-state index contributed by atoms with van der Waals surface area (Å²) in [6, 6.07) is 16.0. The number of nitrogens with zero attached hydrogens (tertiary/aromatic N) is 1. The number of halogens is 1. The molecule has 24 heavy (non-hydrogen) atoms. The van der Waals surface area contributed by atoms with Gasteiger partial charge in [0.1, 0.15) is 24.5 Å². The first-order chi connectivity index (χ1) is 11.8. The van der Waals surface area contributed by atoms with E-state index in [0.717, 1.165) is 16.7 Å². The van der Waals surface area contributed by atoms with E-state index in [-0.39, 0.29) is 18.2 Å². The minimum absolute atomic E-state index is 0.235. The Morgan fingerprint density at radius 3 is 2.29 bits per heavy atom. The fraction of sp³-hybridized carbons (Fsp3) is 0.211. The lowest BCUT2D eigenvalue weighted by Gasteiger charge is -2.10. The summed E-state index contributed by atoms with van der Waals surface area (Å²) in [5.41, 5.74) is 0.836. The third-order valence-corrected chi connectivity index (χ3v) is 3.40. The predicted octanol–water partition coefficient (Wildman–Crippen LogP) is 3.85. The number of rotatable bonds is 8. The van der Waals surface area contributed by atoms with Crippen molar-refractivity contribution in [1.29, 1.82) is 0 Å². The molecule has 3 rings (SSSR count). The minimum Gasteiger partial charge on any atom is -0.489 e. The topological polar surface area (TPSA) is 40.6 Å². The molecule has 0 aliphatic carbocycles. The van der Waals surface area contributed by atoms with Gasteiger partial charge in [-0.15, -0.1) is 0 Å². The molecule has 0 unspecified atom stereocenters. The molecular weight excluding hydrogens is 309 g/mol. The first-order valence-corrected chi connectivity index (χ1v) is 7.76. The molecule has 0 amide bonds. The minimum atomic E-state index is -0.371. The summed E-state index contributed by atoms with van der Waals surface area (Å²) in [4.78, 5) is 4.33. The van der Waals surface area contributed by atoms with E-state index in [1.165, 1.54) is 6.07 Å². The molecule has 124 valence electrons. The average molecular weight is 327 g/mol. The van der Waals surface area contributed by atoms with E-state index in [1.54, 1.807) is 24.4 Å². The van der Waals surface area contributed by atoms with E-state index >= 15 is 0 Å². The maximum atomic E-state index is 13.3. The standard InChI is InChI=1S/C19H18FNO3/c20-16-7-1-2-8-17(16)23-13-11-22-12-14-24-18-9-3-5-15-6-4-10-21-19(15)18/h1-10H,11-14H2. The third-order valence-electron chi connectivity index (χ3n) is 3.40. The average Bonchev–Trinajstić information content (AvgIpc) is 2.62. The number of ether oxygens (including phenoxy) is 3. The zero-order chi connectivity index (χ0) is 16.6. The van der Waals surface area contributed by atoms with Crippen LogP contribution in [-0.2, 0) is 4.74 Å². The molecule has 0 fully saturated rings. The largest absolute Gasteiger partial charge is 0.489 e. The second kappa shape index (κ2) is 8.26. The second-order valence-electron chi connectivity index (χ2n) is 5.07. The van der Waals surface area contributed by atoms with Crippen LogP contribution >= 0.6 is 0 Å². The SMILES string of the molecule is Fc1ccccc1OCCOCCOc1cccc2cccnc12. The molecular formula is C19H18FNO3. The van der Waals surface area contributed by atoms with E-state index in [4.69, 9.17) is 14.2 Å². The maximum absolute atomic E-state index is 13.3. The van der Waals surface area contributed by atoms with Crippen molar-refractivity contribution in [3.05, 3.63) is 66.6 Å². The molecule has 0 spiro atoms. The lowest BCUT2D eigenvalue weighted by molar-refractivity contribution is 0.0758. The first-order valence-electron chi connectivity index (χ1n) is 7.76. The van der Waals surface area contributed by atoms with Crippen LogP contribution in [0, 0.1) is 5.82 Å². The Bertz CT molecular complexity index is 789. The molecule has 0 saturated carbocycles. The quantitative estimate of drug-likeness (QED) is 0.589. The number of fused-ring (bicyclic) bond motifs is 1. The van der Waals surface area contributed by atoms with Gasteiger partial charge in [0.2, 0.25) is 0 Å². The van der Waals surface area contributed by atoms with Crippen molar-refractivity contribution in [2.45, 2.75) is 0 Å². The van der Waals surface area contributed by atoms with Gasteiger partial charge in [-0.1, -0.05) is 30.3 Å². The smallest absolute Gasteiger partial charge is 0.165 e. The van der Waals surface area contributed by atoms with Gasteiger partial charge in [0.25, 0.3) is 0 Å². The highest BCUT2D eigenvalue weighted by atomic mass is 19.1. The Morgan fingerprint density at radius 2 is 1.46 bits per heavy atom. The summed E-state index contributed by atoms with van der Waals surface area (Å²) in [6.45, 7) is 1.49. The van der Waals surface area contributed by atoms with Gasteiger partial charge in [-0.2, -0.15) is 0 Å². The summed E-state index contributed by atoms with van der Waals surface area (Å²) in [6.07, 6.45) is 1.74. The van der Waals surface area contributed by atoms with Crippen LogP contribution in [0.3, 0.4) is 0 Å². The van der Waals surface area contributed by atoms with Crippen LogP contribution in [0.25, 0.3) is 10.9 Å². The van der Waals surface area contributed by atoms with Crippen molar-refractivity contribution < 1.29 is 18.6 Å². The maximum Gasteiger partial charge on any atom is 0.165 e. The fourth-order valence-electron chi connectivity index (χ4n) is 2.28. The number of aromatic nitrogens is 1. The molecule has 0 aliphatic rings. The molecule has 3 aromatic rings. The van der Waals surface area contributed by atoms with Crippen molar-refractivity contribution in [2.75, 3.05) is 26.4 Å². The van der Waals surface area contributed by atoms with Gasteiger partial charge in [0, 0.05) is 11.6 Å². The third kappa shape index (κ3) is 4.20. The number of hydrogen-bond acceptors (Lipinski definition) is 4. The van der Waals surface area contributed by atoms with Crippen LogP contribution in [0.4, 0.5) is 4.39 Å². The summed E-state index contributed by atoms with van der Waals surface area (Å²) < 4.78 is 29.8. The lowest BCUT2D eigenvalue weighted by atomic mass is 10.2. The van der Waals surface area contributed by atoms with E-state index in [1.807, 2.05) is 30.3 Å². The van der Waals surface area contributed by atoms with Crippen molar-refractivity contribution in [3.63, 3.8) is 0 Å². The van der Waals surface area contributed by atoms with Gasteiger partial charge in [-0.25, -0.2) is 4.39 Å². The second-order valence-corrected chi connectivity index (χ2v) is 5.07. The van der Waals surface area contributed by atoms with Crippen molar-refractivity contribution in [1.82, 2.24) is 4.98 Å². The molecule has 0 radical (unpaired) electrons.